The first-order valence-corrected chi connectivity index (χ1v) is 9.75. The van der Waals surface area contributed by atoms with Crippen molar-refractivity contribution in [2.24, 2.45) is 7.05 Å². The molecule has 4 aromatic rings. The zero-order valence-corrected chi connectivity index (χ0v) is 17.9. The van der Waals surface area contributed by atoms with Crippen LogP contribution in [0.25, 0.3) is 16.7 Å². The summed E-state index contributed by atoms with van der Waals surface area (Å²) >= 11 is 12.0. The lowest BCUT2D eigenvalue weighted by atomic mass is 10.1. The van der Waals surface area contributed by atoms with Crippen LogP contribution in [0.1, 0.15) is 24.4 Å². The van der Waals surface area contributed by atoms with Crippen molar-refractivity contribution in [3.63, 3.8) is 0 Å². The van der Waals surface area contributed by atoms with Gasteiger partial charge in [0, 0.05) is 18.5 Å². The van der Waals surface area contributed by atoms with Crippen molar-refractivity contribution < 1.29 is 13.2 Å². The summed E-state index contributed by atoms with van der Waals surface area (Å²) in [6, 6.07) is 3.86. The van der Waals surface area contributed by atoms with Crippen molar-refractivity contribution in [2.75, 3.05) is 5.32 Å². The second-order valence-corrected chi connectivity index (χ2v) is 7.49. The Morgan fingerprint density at radius 1 is 1.16 bits per heavy atom. The Bertz CT molecular complexity index is 1390. The number of nitrogens with zero attached hydrogens (tertiary/aromatic N) is 7. The molecule has 1 unspecified atom stereocenters. The summed E-state index contributed by atoms with van der Waals surface area (Å²) in [7, 11) is 1.49. The largest absolute Gasteiger partial charge is 0.416 e. The second-order valence-electron chi connectivity index (χ2n) is 6.74. The number of hydrogen-bond acceptors (Lipinski definition) is 7. The Kier molecular flexibility index (Phi) is 5.51. The molecule has 0 radical (unpaired) electrons. The van der Waals surface area contributed by atoms with E-state index in [9.17, 15) is 18.0 Å². The van der Waals surface area contributed by atoms with Gasteiger partial charge in [0.2, 0.25) is 5.28 Å². The number of nitrogens with one attached hydrogen (secondary N) is 1. The van der Waals surface area contributed by atoms with Gasteiger partial charge in [0.05, 0.1) is 22.1 Å². The molecule has 0 saturated carbocycles. The number of aryl methyl sites for hydroxylation is 1. The molecule has 4 rings (SSSR count). The molecule has 0 aliphatic rings. The van der Waals surface area contributed by atoms with Gasteiger partial charge in [0.15, 0.2) is 11.6 Å². The van der Waals surface area contributed by atoms with Crippen molar-refractivity contribution >= 4 is 39.9 Å². The first-order valence-electron chi connectivity index (χ1n) is 9.00. The third kappa shape index (κ3) is 4.10. The lowest BCUT2D eigenvalue weighted by molar-refractivity contribution is -0.137. The predicted octanol–water partition coefficient (Wildman–Crippen LogP) is 3.80. The first-order chi connectivity index (χ1) is 15.0. The zero-order valence-electron chi connectivity index (χ0n) is 16.4. The molecule has 32 heavy (non-hydrogen) atoms. The fourth-order valence-corrected chi connectivity index (χ4v) is 3.46. The molecule has 0 aliphatic heterocycles. The average molecular weight is 485 g/mol. The maximum Gasteiger partial charge on any atom is 0.416 e. The summed E-state index contributed by atoms with van der Waals surface area (Å²) in [6.45, 7) is 1.69. The number of benzene rings is 1. The maximum absolute atomic E-state index is 13.3. The molecular formula is C18H13Cl2F3N8O. The maximum atomic E-state index is 13.3. The van der Waals surface area contributed by atoms with Gasteiger partial charge < -0.3 is 5.32 Å². The molecule has 0 bridgehead atoms. The Morgan fingerprint density at radius 3 is 2.59 bits per heavy atom. The Labute approximate surface area is 187 Å². The lowest BCUT2D eigenvalue weighted by Gasteiger charge is -2.17. The van der Waals surface area contributed by atoms with Crippen LogP contribution in [0, 0.1) is 0 Å². The molecule has 9 nitrogen and oxygen atoms in total. The summed E-state index contributed by atoms with van der Waals surface area (Å²) in [5.41, 5.74) is -1.19. The number of alkyl halides is 3. The highest BCUT2D eigenvalue weighted by atomic mass is 35.5. The molecule has 0 spiro atoms. The minimum absolute atomic E-state index is 0.0310. The Balaban J connectivity index is 1.77. The Morgan fingerprint density at radius 2 is 1.91 bits per heavy atom. The highest BCUT2D eigenvalue weighted by molar-refractivity contribution is 6.36. The summed E-state index contributed by atoms with van der Waals surface area (Å²) in [6.07, 6.45) is -3.33. The van der Waals surface area contributed by atoms with Crippen LogP contribution in [0.3, 0.4) is 0 Å². The summed E-state index contributed by atoms with van der Waals surface area (Å²) < 4.78 is 42.4. The van der Waals surface area contributed by atoms with E-state index >= 15 is 0 Å². The van der Waals surface area contributed by atoms with Crippen LogP contribution >= 0.6 is 23.2 Å². The van der Waals surface area contributed by atoms with Crippen LogP contribution in [0.2, 0.25) is 10.3 Å². The SMILES string of the molecule is CC(Nc1nc(Cl)nc2c(Cl)cc(C(F)(F)F)cc12)c1ncnn1-c1ccc(=O)n(C)n1. The lowest BCUT2D eigenvalue weighted by Crippen LogP contribution is -2.22. The van der Waals surface area contributed by atoms with Gasteiger partial charge in [-0.05, 0) is 36.7 Å². The smallest absolute Gasteiger partial charge is 0.360 e. The van der Waals surface area contributed by atoms with E-state index in [1.54, 1.807) is 6.92 Å². The van der Waals surface area contributed by atoms with E-state index in [0.717, 1.165) is 16.8 Å². The Hall–Kier alpha value is -3.25. The van der Waals surface area contributed by atoms with E-state index in [4.69, 9.17) is 23.2 Å². The van der Waals surface area contributed by atoms with E-state index < -0.39 is 17.8 Å². The third-order valence-electron chi connectivity index (χ3n) is 4.53. The summed E-state index contributed by atoms with van der Waals surface area (Å²) in [5.74, 6) is 0.710. The quantitative estimate of drug-likeness (QED) is 0.439. The number of halogens is 5. The number of aromatic nitrogens is 7. The van der Waals surface area contributed by atoms with E-state index in [1.165, 1.54) is 30.2 Å². The molecule has 14 heteroatoms. The molecule has 3 aromatic heterocycles. The van der Waals surface area contributed by atoms with Gasteiger partial charge in [-0.15, -0.1) is 5.10 Å². The van der Waals surface area contributed by atoms with Gasteiger partial charge in [0.25, 0.3) is 5.56 Å². The first kappa shape index (κ1) is 22.0. The van der Waals surface area contributed by atoms with Gasteiger partial charge in [-0.2, -0.15) is 23.0 Å². The molecule has 3 heterocycles. The number of anilines is 1. The molecule has 0 aliphatic carbocycles. The molecule has 0 fully saturated rings. The normalized spacial score (nSPS) is 12.8. The standard InChI is InChI=1S/C18H13Cl2F3N8O/c1-8(16-24-7-25-31(16)12-3-4-13(32)30(2)29-12)26-15-10-5-9(18(21,22)23)6-11(19)14(10)27-17(20)28-15/h3-8H,1-2H3,(H,26,27,28). The topological polar surface area (TPSA) is 103 Å². The molecule has 1 atom stereocenters. The predicted molar refractivity (Wildman–Crippen MR) is 111 cm³/mol. The van der Waals surface area contributed by atoms with Crippen molar-refractivity contribution in [1.82, 2.24) is 34.5 Å². The van der Waals surface area contributed by atoms with Gasteiger partial charge in [-0.3, -0.25) is 4.79 Å². The van der Waals surface area contributed by atoms with E-state index in [2.05, 4.69) is 30.5 Å². The zero-order chi connectivity index (χ0) is 23.2. The van der Waals surface area contributed by atoms with Gasteiger partial charge in [-0.25, -0.2) is 19.6 Å². The number of fused-ring (bicyclic) bond motifs is 1. The molecule has 166 valence electrons. The summed E-state index contributed by atoms with van der Waals surface area (Å²) in [5, 5.41) is 10.9. The van der Waals surface area contributed by atoms with Gasteiger partial charge >= 0.3 is 6.18 Å². The van der Waals surface area contributed by atoms with Crippen LogP contribution in [0.5, 0.6) is 0 Å². The van der Waals surface area contributed by atoms with Crippen molar-refractivity contribution in [2.45, 2.75) is 19.1 Å². The molecule has 1 N–H and O–H groups in total. The average Bonchev–Trinajstić information content (AvgIpc) is 3.20. The minimum atomic E-state index is -4.62. The summed E-state index contributed by atoms with van der Waals surface area (Å²) in [4.78, 5) is 23.8. The third-order valence-corrected chi connectivity index (χ3v) is 4.99. The van der Waals surface area contributed by atoms with Gasteiger partial charge in [-0.1, -0.05) is 11.6 Å². The van der Waals surface area contributed by atoms with Crippen LogP contribution in [0.15, 0.2) is 35.4 Å². The van der Waals surface area contributed by atoms with Crippen molar-refractivity contribution in [3.8, 4) is 5.82 Å². The molecule has 0 amide bonds. The van der Waals surface area contributed by atoms with E-state index in [-0.39, 0.29) is 32.6 Å². The molecular weight excluding hydrogens is 472 g/mol. The van der Waals surface area contributed by atoms with Gasteiger partial charge in [0.1, 0.15) is 12.1 Å². The van der Waals surface area contributed by atoms with E-state index in [0.29, 0.717) is 11.6 Å². The van der Waals surface area contributed by atoms with Crippen LogP contribution in [-0.4, -0.2) is 34.5 Å². The molecule has 0 saturated heterocycles. The number of rotatable bonds is 4. The fraction of sp³-hybridized carbons (Fsp3) is 0.222. The minimum Gasteiger partial charge on any atom is -0.360 e. The number of hydrogen-bond donors (Lipinski definition) is 1. The van der Waals surface area contributed by atoms with Crippen LogP contribution in [-0.2, 0) is 13.2 Å². The van der Waals surface area contributed by atoms with Crippen LogP contribution < -0.4 is 10.9 Å². The molecule has 1 aromatic carbocycles. The second kappa shape index (κ2) is 8.02. The monoisotopic (exact) mass is 484 g/mol. The fourth-order valence-electron chi connectivity index (χ4n) is 3.03. The highest BCUT2D eigenvalue weighted by Crippen LogP contribution is 2.37. The van der Waals surface area contributed by atoms with Crippen molar-refractivity contribution in [1.29, 1.82) is 0 Å². The van der Waals surface area contributed by atoms with E-state index in [1.807, 2.05) is 0 Å². The highest BCUT2D eigenvalue weighted by Gasteiger charge is 2.32. The van der Waals surface area contributed by atoms with Crippen LogP contribution in [0.4, 0.5) is 19.0 Å². The van der Waals surface area contributed by atoms with Crippen molar-refractivity contribution in [3.05, 3.63) is 62.6 Å².